The van der Waals surface area contributed by atoms with Crippen LogP contribution in [0.2, 0.25) is 0 Å². The highest BCUT2D eigenvalue weighted by Gasteiger charge is 2.18. The molecular formula is C20H22N4O2. The highest BCUT2D eigenvalue weighted by molar-refractivity contribution is 5.94. The van der Waals surface area contributed by atoms with E-state index < -0.39 is 0 Å². The van der Waals surface area contributed by atoms with Gasteiger partial charge in [0.25, 0.3) is 5.91 Å². The number of carbonyl (C=O) groups is 1. The van der Waals surface area contributed by atoms with Crippen LogP contribution in [0.15, 0.2) is 47.5 Å². The minimum Gasteiger partial charge on any atom is -0.339 e. The van der Waals surface area contributed by atoms with Gasteiger partial charge in [-0.1, -0.05) is 12.1 Å². The lowest BCUT2D eigenvalue weighted by Gasteiger charge is -2.26. The average Bonchev–Trinajstić information content (AvgIpc) is 3.07. The molecule has 1 saturated heterocycles. The lowest BCUT2D eigenvalue weighted by Crippen LogP contribution is -2.35. The molecule has 4 rings (SSSR count). The molecule has 0 N–H and O–H groups in total. The van der Waals surface area contributed by atoms with Crippen LogP contribution in [0.4, 0.5) is 0 Å². The van der Waals surface area contributed by atoms with Gasteiger partial charge in [0.15, 0.2) is 5.43 Å². The summed E-state index contributed by atoms with van der Waals surface area (Å²) in [6.07, 6.45) is 6.76. The highest BCUT2D eigenvalue weighted by atomic mass is 16.2. The summed E-state index contributed by atoms with van der Waals surface area (Å²) in [7, 11) is 1.83. The van der Waals surface area contributed by atoms with Crippen molar-refractivity contribution in [2.24, 2.45) is 7.05 Å². The SMILES string of the molecule is Cn1ncc2c(=O)ccn(Cc3cccc(C(=O)N4CCCCC4)c3)c21. The molecule has 1 amide bonds. The quantitative estimate of drug-likeness (QED) is 0.729. The first-order valence-corrected chi connectivity index (χ1v) is 9.03. The number of fused-ring (bicyclic) bond motifs is 1. The van der Waals surface area contributed by atoms with Gasteiger partial charge in [-0.15, -0.1) is 0 Å². The first-order valence-electron chi connectivity index (χ1n) is 9.03. The molecule has 0 unspecified atom stereocenters. The first-order chi connectivity index (χ1) is 12.6. The Morgan fingerprint density at radius 2 is 1.96 bits per heavy atom. The maximum absolute atomic E-state index is 12.7. The number of piperidine rings is 1. The fourth-order valence-corrected chi connectivity index (χ4v) is 3.67. The third-order valence-corrected chi connectivity index (χ3v) is 5.02. The van der Waals surface area contributed by atoms with Gasteiger partial charge >= 0.3 is 0 Å². The van der Waals surface area contributed by atoms with Crippen molar-refractivity contribution in [3.05, 3.63) is 64.1 Å². The number of nitrogens with zero attached hydrogens (tertiary/aromatic N) is 4. The van der Waals surface area contributed by atoms with Gasteiger partial charge in [-0.2, -0.15) is 5.10 Å². The van der Waals surface area contributed by atoms with Crippen molar-refractivity contribution >= 4 is 16.9 Å². The van der Waals surface area contributed by atoms with Gasteiger partial charge in [-0.3, -0.25) is 14.3 Å². The number of likely N-dealkylation sites (tertiary alicyclic amines) is 1. The van der Waals surface area contributed by atoms with Crippen molar-refractivity contribution in [1.82, 2.24) is 19.2 Å². The lowest BCUT2D eigenvalue weighted by molar-refractivity contribution is 0.0724. The Balaban J connectivity index is 1.64. The summed E-state index contributed by atoms with van der Waals surface area (Å²) >= 11 is 0. The number of amides is 1. The molecule has 1 aliphatic heterocycles. The Labute approximate surface area is 151 Å². The molecule has 0 spiro atoms. The van der Waals surface area contributed by atoms with Gasteiger partial charge in [0, 0.05) is 44.5 Å². The molecule has 1 aromatic carbocycles. The smallest absolute Gasteiger partial charge is 0.253 e. The molecule has 6 nitrogen and oxygen atoms in total. The number of aromatic nitrogens is 3. The van der Waals surface area contributed by atoms with E-state index in [9.17, 15) is 9.59 Å². The van der Waals surface area contributed by atoms with Crippen LogP contribution >= 0.6 is 0 Å². The largest absolute Gasteiger partial charge is 0.339 e. The highest BCUT2D eigenvalue weighted by Crippen LogP contribution is 2.16. The zero-order valence-electron chi connectivity index (χ0n) is 14.9. The molecule has 26 heavy (non-hydrogen) atoms. The van der Waals surface area contributed by atoms with Crippen molar-refractivity contribution in [3.8, 4) is 0 Å². The van der Waals surface area contributed by atoms with E-state index >= 15 is 0 Å². The van der Waals surface area contributed by atoms with Crippen LogP contribution in [0.25, 0.3) is 11.0 Å². The number of hydrogen-bond donors (Lipinski definition) is 0. The molecule has 0 atom stereocenters. The molecule has 1 aliphatic rings. The number of benzene rings is 1. The third kappa shape index (κ3) is 3.03. The maximum Gasteiger partial charge on any atom is 0.253 e. The van der Waals surface area contributed by atoms with Crippen molar-refractivity contribution < 1.29 is 4.79 Å². The fourth-order valence-electron chi connectivity index (χ4n) is 3.67. The van der Waals surface area contributed by atoms with Gasteiger partial charge in [0.05, 0.1) is 11.6 Å². The minimum absolute atomic E-state index is 0.0293. The third-order valence-electron chi connectivity index (χ3n) is 5.02. The maximum atomic E-state index is 12.7. The number of carbonyl (C=O) groups excluding carboxylic acids is 1. The minimum atomic E-state index is -0.0293. The second kappa shape index (κ2) is 6.78. The van der Waals surface area contributed by atoms with Crippen LogP contribution in [0.1, 0.15) is 35.2 Å². The molecular weight excluding hydrogens is 328 g/mol. The normalized spacial score (nSPS) is 14.7. The van der Waals surface area contributed by atoms with Gasteiger partial charge in [-0.05, 0) is 37.0 Å². The Bertz CT molecular complexity index is 1010. The van der Waals surface area contributed by atoms with Crippen LogP contribution in [-0.4, -0.2) is 38.2 Å². The van der Waals surface area contributed by atoms with Crippen molar-refractivity contribution in [3.63, 3.8) is 0 Å². The van der Waals surface area contributed by atoms with E-state index in [0.717, 1.165) is 42.7 Å². The van der Waals surface area contributed by atoms with E-state index in [1.807, 2.05) is 40.8 Å². The Morgan fingerprint density at radius 1 is 1.15 bits per heavy atom. The van der Waals surface area contributed by atoms with E-state index in [1.165, 1.54) is 6.42 Å². The van der Waals surface area contributed by atoms with Crippen LogP contribution in [0.5, 0.6) is 0 Å². The molecule has 0 bridgehead atoms. The Hall–Kier alpha value is -2.89. The Morgan fingerprint density at radius 3 is 2.77 bits per heavy atom. The van der Waals surface area contributed by atoms with Gasteiger partial charge in [0.1, 0.15) is 5.65 Å². The van der Waals surface area contributed by atoms with Crippen LogP contribution in [0.3, 0.4) is 0 Å². The van der Waals surface area contributed by atoms with Crippen molar-refractivity contribution in [1.29, 1.82) is 0 Å². The molecule has 3 aromatic rings. The number of aryl methyl sites for hydroxylation is 1. The second-order valence-electron chi connectivity index (χ2n) is 6.87. The second-order valence-corrected chi connectivity index (χ2v) is 6.87. The van der Waals surface area contributed by atoms with Crippen LogP contribution in [0, 0.1) is 0 Å². The summed E-state index contributed by atoms with van der Waals surface area (Å²) in [5.74, 6) is 0.108. The zero-order valence-corrected chi connectivity index (χ0v) is 14.9. The van der Waals surface area contributed by atoms with E-state index in [-0.39, 0.29) is 11.3 Å². The van der Waals surface area contributed by atoms with Crippen LogP contribution in [-0.2, 0) is 13.6 Å². The molecule has 1 fully saturated rings. The predicted octanol–water partition coefficient (Wildman–Crippen LogP) is 2.41. The fraction of sp³-hybridized carbons (Fsp3) is 0.350. The number of hydrogen-bond acceptors (Lipinski definition) is 3. The van der Waals surface area contributed by atoms with Crippen molar-refractivity contribution in [2.75, 3.05) is 13.1 Å². The van der Waals surface area contributed by atoms with Crippen molar-refractivity contribution in [2.45, 2.75) is 25.8 Å². The molecule has 0 saturated carbocycles. The summed E-state index contributed by atoms with van der Waals surface area (Å²) in [6, 6.07) is 9.33. The van der Waals surface area contributed by atoms with Gasteiger partial charge < -0.3 is 9.47 Å². The topological polar surface area (TPSA) is 60.1 Å². The summed E-state index contributed by atoms with van der Waals surface area (Å²) < 4.78 is 3.70. The zero-order chi connectivity index (χ0) is 18.1. The lowest BCUT2D eigenvalue weighted by atomic mass is 10.1. The molecule has 6 heteroatoms. The summed E-state index contributed by atoms with van der Waals surface area (Å²) in [5.41, 5.74) is 2.51. The first kappa shape index (κ1) is 16.6. The summed E-state index contributed by atoms with van der Waals surface area (Å²) in [6.45, 7) is 2.27. The van der Waals surface area contributed by atoms with Gasteiger partial charge in [0.2, 0.25) is 0 Å². The van der Waals surface area contributed by atoms with E-state index in [1.54, 1.807) is 23.1 Å². The molecule has 0 radical (unpaired) electrons. The van der Waals surface area contributed by atoms with E-state index in [4.69, 9.17) is 0 Å². The van der Waals surface area contributed by atoms with Crippen LogP contribution < -0.4 is 5.43 Å². The molecule has 2 aromatic heterocycles. The standard InChI is InChI=1S/C20H22N4O2/c1-22-19-17(13-21-22)18(25)8-11-24(19)14-15-6-5-7-16(12-15)20(26)23-9-3-2-4-10-23/h5-8,11-13H,2-4,9-10,14H2,1H3. The van der Waals surface area contributed by atoms with Gasteiger partial charge in [-0.25, -0.2) is 0 Å². The monoisotopic (exact) mass is 350 g/mol. The predicted molar refractivity (Wildman–Crippen MR) is 100 cm³/mol. The number of pyridine rings is 1. The number of rotatable bonds is 3. The summed E-state index contributed by atoms with van der Waals surface area (Å²) in [4.78, 5) is 26.7. The molecule has 0 aliphatic carbocycles. The van der Waals surface area contributed by atoms with E-state index in [0.29, 0.717) is 11.9 Å². The summed E-state index contributed by atoms with van der Waals surface area (Å²) in [5, 5.41) is 4.81. The molecule has 134 valence electrons. The molecule has 3 heterocycles. The van der Waals surface area contributed by atoms with E-state index in [2.05, 4.69) is 5.10 Å². The Kier molecular flexibility index (Phi) is 4.32. The average molecular weight is 350 g/mol.